The van der Waals surface area contributed by atoms with Gasteiger partial charge in [-0.05, 0) is 55.9 Å². The predicted octanol–water partition coefficient (Wildman–Crippen LogP) is 6.03. The van der Waals surface area contributed by atoms with Gasteiger partial charge in [0.1, 0.15) is 10.8 Å². The molecule has 1 heterocycles. The van der Waals surface area contributed by atoms with Gasteiger partial charge in [0.2, 0.25) is 5.91 Å². The molecule has 29 heavy (non-hydrogen) atoms. The van der Waals surface area contributed by atoms with E-state index in [0.717, 1.165) is 49.0 Å². The first-order valence-corrected chi connectivity index (χ1v) is 11.0. The smallest absolute Gasteiger partial charge is 0.341 e. The van der Waals surface area contributed by atoms with Crippen molar-refractivity contribution >= 4 is 45.9 Å². The molecule has 0 atom stereocenters. The molecule has 1 aromatic carbocycles. The van der Waals surface area contributed by atoms with Crippen molar-refractivity contribution in [1.82, 2.24) is 0 Å². The normalized spacial score (nSPS) is 13.8. The molecule has 0 saturated carbocycles. The van der Waals surface area contributed by atoms with Crippen molar-refractivity contribution < 1.29 is 18.7 Å². The van der Waals surface area contributed by atoms with Gasteiger partial charge in [0, 0.05) is 16.5 Å². The van der Waals surface area contributed by atoms with Crippen LogP contribution in [0.15, 0.2) is 24.3 Å². The quantitative estimate of drug-likeness (QED) is 0.342. The molecule has 0 radical (unpaired) electrons. The first-order valence-electron chi connectivity index (χ1n) is 9.76. The van der Waals surface area contributed by atoms with Crippen LogP contribution in [0.1, 0.15) is 59.0 Å². The molecule has 4 nitrogen and oxygen atoms in total. The number of amides is 1. The molecule has 0 unspecified atom stereocenters. The number of anilines is 1. The minimum atomic E-state index is -0.506. The van der Waals surface area contributed by atoms with E-state index in [0.29, 0.717) is 17.2 Å². The highest BCUT2D eigenvalue weighted by atomic mass is 35.5. The van der Waals surface area contributed by atoms with Gasteiger partial charge in [-0.1, -0.05) is 31.0 Å². The molecule has 3 rings (SSSR count). The Hall–Kier alpha value is -2.18. The highest BCUT2D eigenvalue weighted by Gasteiger charge is 2.26. The molecule has 0 aliphatic heterocycles. The van der Waals surface area contributed by atoms with E-state index >= 15 is 0 Å². The first kappa shape index (κ1) is 21.5. The maximum absolute atomic E-state index is 13.9. The van der Waals surface area contributed by atoms with Crippen LogP contribution < -0.4 is 5.32 Å². The zero-order chi connectivity index (χ0) is 20.8. The number of halogens is 2. The molecule has 1 aliphatic carbocycles. The summed E-state index contributed by atoms with van der Waals surface area (Å²) in [6, 6.07) is 4.34. The minimum Gasteiger partial charge on any atom is -0.462 e. The first-order chi connectivity index (χ1) is 14.0. The largest absolute Gasteiger partial charge is 0.462 e. The molecule has 7 heteroatoms. The van der Waals surface area contributed by atoms with Gasteiger partial charge in [0.15, 0.2) is 0 Å². The summed E-state index contributed by atoms with van der Waals surface area (Å²) in [5.41, 5.74) is 1.60. The van der Waals surface area contributed by atoms with Crippen LogP contribution in [0.25, 0.3) is 6.08 Å². The molecular weight excluding hydrogens is 413 g/mol. The van der Waals surface area contributed by atoms with E-state index in [4.69, 9.17) is 16.3 Å². The van der Waals surface area contributed by atoms with Crippen LogP contribution in [0.2, 0.25) is 5.02 Å². The summed E-state index contributed by atoms with van der Waals surface area (Å²) in [5.74, 6) is -1.36. The third-order valence-electron chi connectivity index (χ3n) is 4.70. The highest BCUT2D eigenvalue weighted by molar-refractivity contribution is 7.17. The molecule has 154 valence electrons. The van der Waals surface area contributed by atoms with E-state index in [1.54, 1.807) is 6.07 Å². The molecule has 0 bridgehead atoms. The number of thiophene rings is 1. The van der Waals surface area contributed by atoms with Crippen molar-refractivity contribution in [2.24, 2.45) is 0 Å². The van der Waals surface area contributed by atoms with Crippen molar-refractivity contribution in [3.8, 4) is 0 Å². The summed E-state index contributed by atoms with van der Waals surface area (Å²) < 4.78 is 19.2. The van der Waals surface area contributed by atoms with Gasteiger partial charge >= 0.3 is 5.97 Å². The van der Waals surface area contributed by atoms with Crippen LogP contribution in [0.4, 0.5) is 9.39 Å². The minimum absolute atomic E-state index is 0.147. The fourth-order valence-electron chi connectivity index (χ4n) is 3.30. The SMILES string of the molecule is CCCOC(=O)c1c(NC(=O)/C=C/c2c(F)cccc2Cl)sc2c1CCCCC2. The van der Waals surface area contributed by atoms with Crippen LogP contribution in [0.3, 0.4) is 0 Å². The standard InChI is InChI=1S/C22H23ClFNO3S/c1-2-13-28-22(27)20-15-7-4-3-5-10-18(15)29-21(20)25-19(26)12-11-14-16(23)8-6-9-17(14)24/h6,8-9,11-12H,2-5,7,10,13H2,1H3,(H,25,26)/b12-11+. The van der Waals surface area contributed by atoms with Gasteiger partial charge in [-0.15, -0.1) is 11.3 Å². The Labute approximate surface area is 178 Å². The van der Waals surface area contributed by atoms with Gasteiger partial charge in [-0.25, -0.2) is 9.18 Å². The topological polar surface area (TPSA) is 55.4 Å². The zero-order valence-corrected chi connectivity index (χ0v) is 17.8. The second kappa shape index (κ2) is 10.0. The Balaban J connectivity index is 1.85. The van der Waals surface area contributed by atoms with Crippen molar-refractivity contribution in [1.29, 1.82) is 0 Å². The summed E-state index contributed by atoms with van der Waals surface area (Å²) in [6.45, 7) is 2.27. The molecule has 1 N–H and O–H groups in total. The van der Waals surface area contributed by atoms with Crippen LogP contribution in [-0.2, 0) is 22.4 Å². The lowest BCUT2D eigenvalue weighted by atomic mass is 10.1. The molecule has 0 fully saturated rings. The van der Waals surface area contributed by atoms with Gasteiger partial charge in [0.05, 0.1) is 17.2 Å². The van der Waals surface area contributed by atoms with E-state index in [-0.39, 0.29) is 10.6 Å². The van der Waals surface area contributed by atoms with E-state index in [1.807, 2.05) is 6.92 Å². The van der Waals surface area contributed by atoms with Crippen molar-refractivity contribution in [3.05, 3.63) is 56.7 Å². The summed E-state index contributed by atoms with van der Waals surface area (Å²) in [5, 5.41) is 3.50. The van der Waals surface area contributed by atoms with Gasteiger partial charge in [-0.3, -0.25) is 4.79 Å². The number of carbonyl (C=O) groups excluding carboxylic acids is 2. The van der Waals surface area contributed by atoms with Crippen molar-refractivity contribution in [3.63, 3.8) is 0 Å². The molecule has 0 spiro atoms. The zero-order valence-electron chi connectivity index (χ0n) is 16.2. The van der Waals surface area contributed by atoms with Crippen LogP contribution in [-0.4, -0.2) is 18.5 Å². The average Bonchev–Trinajstić information content (AvgIpc) is 2.86. The molecular formula is C22H23ClFNO3S. The number of nitrogens with one attached hydrogen (secondary N) is 1. The number of rotatable bonds is 6. The predicted molar refractivity (Wildman–Crippen MR) is 115 cm³/mol. The Morgan fingerprint density at radius 3 is 2.83 bits per heavy atom. The average molecular weight is 436 g/mol. The maximum atomic E-state index is 13.9. The van der Waals surface area contributed by atoms with Crippen LogP contribution >= 0.6 is 22.9 Å². The Kier molecular flexibility index (Phi) is 7.45. The number of esters is 1. The summed E-state index contributed by atoms with van der Waals surface area (Å²) in [7, 11) is 0. The van der Waals surface area contributed by atoms with E-state index in [9.17, 15) is 14.0 Å². The lowest BCUT2D eigenvalue weighted by molar-refractivity contribution is -0.111. The summed E-state index contributed by atoms with van der Waals surface area (Å²) >= 11 is 7.42. The Bertz CT molecular complexity index is 918. The number of hydrogen-bond donors (Lipinski definition) is 1. The van der Waals surface area contributed by atoms with Crippen molar-refractivity contribution in [2.45, 2.75) is 45.4 Å². The van der Waals surface area contributed by atoms with E-state index < -0.39 is 17.7 Å². The van der Waals surface area contributed by atoms with E-state index in [2.05, 4.69) is 5.32 Å². The summed E-state index contributed by atoms with van der Waals surface area (Å²) in [6.07, 6.45) is 8.18. The third kappa shape index (κ3) is 5.25. The number of carbonyl (C=O) groups is 2. The number of fused-ring (bicyclic) bond motifs is 1. The highest BCUT2D eigenvalue weighted by Crippen LogP contribution is 2.38. The summed E-state index contributed by atoms with van der Waals surface area (Å²) in [4.78, 5) is 26.3. The van der Waals surface area contributed by atoms with Crippen LogP contribution in [0.5, 0.6) is 0 Å². The Morgan fingerprint density at radius 1 is 1.28 bits per heavy atom. The number of ether oxygens (including phenoxy) is 1. The lowest BCUT2D eigenvalue weighted by Crippen LogP contribution is -2.13. The van der Waals surface area contributed by atoms with Gasteiger partial charge < -0.3 is 10.1 Å². The number of hydrogen-bond acceptors (Lipinski definition) is 4. The fraction of sp³-hybridized carbons (Fsp3) is 0.364. The number of benzene rings is 1. The van der Waals surface area contributed by atoms with E-state index in [1.165, 1.54) is 35.6 Å². The maximum Gasteiger partial charge on any atom is 0.341 e. The molecule has 1 aliphatic rings. The van der Waals surface area contributed by atoms with Gasteiger partial charge in [-0.2, -0.15) is 0 Å². The number of aryl methyl sites for hydroxylation is 1. The molecule has 2 aromatic rings. The molecule has 1 amide bonds. The molecule has 0 saturated heterocycles. The second-order valence-electron chi connectivity index (χ2n) is 6.86. The lowest BCUT2D eigenvalue weighted by Gasteiger charge is -2.08. The molecule has 1 aromatic heterocycles. The van der Waals surface area contributed by atoms with Crippen LogP contribution in [0, 0.1) is 5.82 Å². The Morgan fingerprint density at radius 2 is 2.07 bits per heavy atom. The van der Waals surface area contributed by atoms with Gasteiger partial charge in [0.25, 0.3) is 0 Å². The second-order valence-corrected chi connectivity index (χ2v) is 8.37. The fourth-order valence-corrected chi connectivity index (χ4v) is 4.80. The monoisotopic (exact) mass is 435 g/mol. The van der Waals surface area contributed by atoms with Crippen molar-refractivity contribution in [2.75, 3.05) is 11.9 Å². The third-order valence-corrected chi connectivity index (χ3v) is 6.24.